The SMILES string of the molecule is CCCc1nc(CN(CC)C(=O)c2ccc(OC)c(OC)c2)no1. The Hall–Kier alpha value is -2.57. The molecule has 0 atom stereocenters. The summed E-state index contributed by atoms with van der Waals surface area (Å²) in [7, 11) is 3.10. The van der Waals surface area contributed by atoms with Gasteiger partial charge < -0.3 is 18.9 Å². The second-order valence-corrected chi connectivity index (χ2v) is 5.24. The molecule has 0 aliphatic rings. The molecule has 1 aromatic heterocycles. The lowest BCUT2D eigenvalue weighted by Gasteiger charge is -2.19. The predicted octanol–water partition coefficient (Wildman–Crippen LogP) is 2.70. The fraction of sp³-hybridized carbons (Fsp3) is 0.471. The van der Waals surface area contributed by atoms with Gasteiger partial charge in [-0.1, -0.05) is 12.1 Å². The molecule has 7 heteroatoms. The maximum Gasteiger partial charge on any atom is 0.254 e. The van der Waals surface area contributed by atoms with Gasteiger partial charge in [0.1, 0.15) is 0 Å². The smallest absolute Gasteiger partial charge is 0.254 e. The number of methoxy groups -OCH3 is 2. The summed E-state index contributed by atoms with van der Waals surface area (Å²) in [5, 5.41) is 3.94. The minimum Gasteiger partial charge on any atom is -0.493 e. The van der Waals surface area contributed by atoms with Gasteiger partial charge >= 0.3 is 0 Å². The molecular weight excluding hydrogens is 310 g/mol. The zero-order valence-corrected chi connectivity index (χ0v) is 14.5. The molecule has 7 nitrogen and oxygen atoms in total. The Balaban J connectivity index is 2.15. The summed E-state index contributed by atoms with van der Waals surface area (Å²) in [6.45, 7) is 4.79. The molecule has 24 heavy (non-hydrogen) atoms. The Labute approximate surface area is 141 Å². The van der Waals surface area contributed by atoms with Crippen LogP contribution in [0.5, 0.6) is 11.5 Å². The number of carbonyl (C=O) groups is 1. The summed E-state index contributed by atoms with van der Waals surface area (Å²) >= 11 is 0. The maximum absolute atomic E-state index is 12.7. The molecule has 0 aliphatic heterocycles. The number of ether oxygens (including phenoxy) is 2. The highest BCUT2D eigenvalue weighted by Gasteiger charge is 2.19. The van der Waals surface area contributed by atoms with E-state index in [4.69, 9.17) is 14.0 Å². The van der Waals surface area contributed by atoms with Gasteiger partial charge in [0.25, 0.3) is 5.91 Å². The van der Waals surface area contributed by atoms with Gasteiger partial charge in [0.05, 0.1) is 20.8 Å². The Morgan fingerprint density at radius 1 is 1.21 bits per heavy atom. The number of nitrogens with zero attached hydrogens (tertiary/aromatic N) is 3. The van der Waals surface area contributed by atoms with E-state index in [2.05, 4.69) is 10.1 Å². The third-order valence-electron chi connectivity index (χ3n) is 3.61. The van der Waals surface area contributed by atoms with E-state index in [1.165, 1.54) is 7.11 Å². The Kier molecular flexibility index (Phi) is 6.17. The minimum absolute atomic E-state index is 0.125. The molecular formula is C17H23N3O4. The highest BCUT2D eigenvalue weighted by molar-refractivity contribution is 5.94. The van der Waals surface area contributed by atoms with E-state index in [1.54, 1.807) is 30.2 Å². The van der Waals surface area contributed by atoms with Crippen LogP contribution in [-0.2, 0) is 13.0 Å². The zero-order chi connectivity index (χ0) is 17.5. The number of amides is 1. The molecule has 2 aromatic rings. The Morgan fingerprint density at radius 3 is 2.58 bits per heavy atom. The highest BCUT2D eigenvalue weighted by Crippen LogP contribution is 2.28. The van der Waals surface area contributed by atoms with E-state index in [-0.39, 0.29) is 5.91 Å². The minimum atomic E-state index is -0.125. The number of carbonyl (C=O) groups excluding carboxylic acids is 1. The lowest BCUT2D eigenvalue weighted by molar-refractivity contribution is 0.0747. The van der Waals surface area contributed by atoms with Crippen LogP contribution in [0.25, 0.3) is 0 Å². The summed E-state index contributed by atoms with van der Waals surface area (Å²) < 4.78 is 15.6. The fourth-order valence-electron chi connectivity index (χ4n) is 2.32. The van der Waals surface area contributed by atoms with Crippen molar-refractivity contribution in [3.05, 3.63) is 35.5 Å². The molecule has 1 heterocycles. The van der Waals surface area contributed by atoms with Crippen molar-refractivity contribution in [1.82, 2.24) is 15.0 Å². The van der Waals surface area contributed by atoms with Crippen molar-refractivity contribution in [1.29, 1.82) is 0 Å². The molecule has 0 unspecified atom stereocenters. The van der Waals surface area contributed by atoms with Crippen molar-refractivity contribution < 1.29 is 18.8 Å². The van der Waals surface area contributed by atoms with Crippen molar-refractivity contribution in [2.75, 3.05) is 20.8 Å². The van der Waals surface area contributed by atoms with Crippen LogP contribution >= 0.6 is 0 Å². The van der Waals surface area contributed by atoms with Crippen LogP contribution in [0.2, 0.25) is 0 Å². The molecule has 1 aromatic carbocycles. The van der Waals surface area contributed by atoms with Crippen molar-refractivity contribution in [3.8, 4) is 11.5 Å². The van der Waals surface area contributed by atoms with Gasteiger partial charge in [-0.3, -0.25) is 4.79 Å². The third kappa shape index (κ3) is 4.04. The number of rotatable bonds is 8. The summed E-state index contributed by atoms with van der Waals surface area (Å²) in [5.41, 5.74) is 0.520. The van der Waals surface area contributed by atoms with Crippen molar-refractivity contribution in [3.63, 3.8) is 0 Å². The first-order chi connectivity index (χ1) is 11.6. The predicted molar refractivity (Wildman–Crippen MR) is 88.3 cm³/mol. The first-order valence-electron chi connectivity index (χ1n) is 7.95. The van der Waals surface area contributed by atoms with E-state index < -0.39 is 0 Å². The summed E-state index contributed by atoms with van der Waals surface area (Å²) in [4.78, 5) is 18.7. The van der Waals surface area contributed by atoms with Crippen molar-refractivity contribution >= 4 is 5.91 Å². The molecule has 130 valence electrons. The van der Waals surface area contributed by atoms with E-state index in [0.29, 0.717) is 41.9 Å². The van der Waals surface area contributed by atoms with Crippen LogP contribution < -0.4 is 9.47 Å². The van der Waals surface area contributed by atoms with Gasteiger partial charge in [0.2, 0.25) is 5.89 Å². The zero-order valence-electron chi connectivity index (χ0n) is 14.5. The molecule has 1 amide bonds. The average Bonchev–Trinajstić information content (AvgIpc) is 3.06. The number of hydrogen-bond acceptors (Lipinski definition) is 6. The van der Waals surface area contributed by atoms with E-state index in [1.807, 2.05) is 13.8 Å². The molecule has 0 aliphatic carbocycles. The highest BCUT2D eigenvalue weighted by atomic mass is 16.5. The van der Waals surface area contributed by atoms with Crippen LogP contribution in [0.4, 0.5) is 0 Å². The standard InChI is InChI=1S/C17H23N3O4/c1-5-7-16-18-15(19-24-16)11-20(6-2)17(21)12-8-9-13(22-3)14(10-12)23-4/h8-10H,5-7,11H2,1-4H3. The lowest BCUT2D eigenvalue weighted by Crippen LogP contribution is -2.30. The average molecular weight is 333 g/mol. The molecule has 0 saturated heterocycles. The first kappa shape index (κ1) is 17.8. The summed E-state index contributed by atoms with van der Waals surface area (Å²) in [6, 6.07) is 5.10. The van der Waals surface area contributed by atoms with Crippen LogP contribution in [0, 0.1) is 0 Å². The van der Waals surface area contributed by atoms with E-state index >= 15 is 0 Å². The lowest BCUT2D eigenvalue weighted by atomic mass is 10.1. The molecule has 0 spiro atoms. The number of hydrogen-bond donors (Lipinski definition) is 0. The second kappa shape index (κ2) is 8.33. The quantitative estimate of drug-likeness (QED) is 0.739. The Morgan fingerprint density at radius 2 is 1.96 bits per heavy atom. The van der Waals surface area contributed by atoms with E-state index in [0.717, 1.165) is 12.8 Å². The van der Waals surface area contributed by atoms with Crippen molar-refractivity contribution in [2.24, 2.45) is 0 Å². The van der Waals surface area contributed by atoms with Gasteiger partial charge in [-0.15, -0.1) is 0 Å². The van der Waals surface area contributed by atoms with Gasteiger partial charge in [-0.2, -0.15) is 4.98 Å². The Bertz CT molecular complexity index is 684. The molecule has 0 bridgehead atoms. The second-order valence-electron chi connectivity index (χ2n) is 5.24. The van der Waals surface area contributed by atoms with E-state index in [9.17, 15) is 4.79 Å². The normalized spacial score (nSPS) is 10.5. The summed E-state index contributed by atoms with van der Waals surface area (Å²) in [6.07, 6.45) is 1.67. The largest absolute Gasteiger partial charge is 0.493 e. The van der Waals surface area contributed by atoms with Crippen LogP contribution in [0.1, 0.15) is 42.3 Å². The molecule has 0 N–H and O–H groups in total. The maximum atomic E-state index is 12.7. The first-order valence-corrected chi connectivity index (χ1v) is 7.95. The number of aromatic nitrogens is 2. The van der Waals surface area contributed by atoms with Crippen LogP contribution in [0.3, 0.4) is 0 Å². The third-order valence-corrected chi connectivity index (χ3v) is 3.61. The molecule has 0 saturated carbocycles. The fourth-order valence-corrected chi connectivity index (χ4v) is 2.32. The molecule has 2 rings (SSSR count). The van der Waals surface area contributed by atoms with Gasteiger partial charge in [-0.05, 0) is 31.5 Å². The van der Waals surface area contributed by atoms with Crippen molar-refractivity contribution in [2.45, 2.75) is 33.2 Å². The van der Waals surface area contributed by atoms with Crippen LogP contribution in [0.15, 0.2) is 22.7 Å². The topological polar surface area (TPSA) is 77.7 Å². The number of benzene rings is 1. The van der Waals surface area contributed by atoms with Gasteiger partial charge in [0, 0.05) is 18.5 Å². The molecule has 0 radical (unpaired) electrons. The van der Waals surface area contributed by atoms with Gasteiger partial charge in [-0.25, -0.2) is 0 Å². The van der Waals surface area contributed by atoms with Crippen LogP contribution in [-0.4, -0.2) is 41.7 Å². The molecule has 0 fully saturated rings. The summed E-state index contributed by atoms with van der Waals surface area (Å²) in [5.74, 6) is 2.08. The van der Waals surface area contributed by atoms with Gasteiger partial charge in [0.15, 0.2) is 17.3 Å². The monoisotopic (exact) mass is 333 g/mol. The number of aryl methyl sites for hydroxylation is 1.